The number of rotatable bonds is 6. The molecule has 0 N–H and O–H groups in total. The first kappa shape index (κ1) is 16.9. The Labute approximate surface area is 154 Å². The van der Waals surface area contributed by atoms with E-state index in [2.05, 4.69) is 4.98 Å². The summed E-state index contributed by atoms with van der Waals surface area (Å²) in [7, 11) is -3.61. The fourth-order valence-electron chi connectivity index (χ4n) is 3.12. The van der Waals surface area contributed by atoms with E-state index < -0.39 is 10.0 Å². The van der Waals surface area contributed by atoms with Gasteiger partial charge in [-0.25, -0.2) is 8.42 Å². The Hall–Kier alpha value is -2.50. The van der Waals surface area contributed by atoms with Crippen LogP contribution in [0.2, 0.25) is 0 Å². The van der Waals surface area contributed by atoms with Gasteiger partial charge in [0.2, 0.25) is 10.0 Å². The molecule has 0 amide bonds. The number of hydrogen-bond donors (Lipinski definition) is 0. The topological polar surface area (TPSA) is 50.3 Å². The van der Waals surface area contributed by atoms with Crippen molar-refractivity contribution in [2.24, 2.45) is 0 Å². The molecule has 0 saturated heterocycles. The number of aromatic nitrogens is 1. The van der Waals surface area contributed by atoms with E-state index in [4.69, 9.17) is 0 Å². The van der Waals surface area contributed by atoms with Crippen molar-refractivity contribution in [3.63, 3.8) is 0 Å². The van der Waals surface area contributed by atoms with Crippen LogP contribution in [-0.2, 0) is 16.6 Å². The van der Waals surface area contributed by atoms with Gasteiger partial charge in [-0.2, -0.15) is 4.31 Å². The smallest absolute Gasteiger partial charge is 0.244 e. The van der Waals surface area contributed by atoms with E-state index in [1.165, 1.54) is 0 Å². The van der Waals surface area contributed by atoms with Gasteiger partial charge in [0.15, 0.2) is 0 Å². The largest absolute Gasteiger partial charge is 0.264 e. The van der Waals surface area contributed by atoms with Crippen LogP contribution in [0.25, 0.3) is 11.1 Å². The van der Waals surface area contributed by atoms with Crippen molar-refractivity contribution in [3.8, 4) is 11.1 Å². The number of nitrogens with zero attached hydrogens (tertiary/aromatic N) is 2. The molecule has 0 atom stereocenters. The second-order valence-electron chi connectivity index (χ2n) is 6.50. The predicted molar refractivity (Wildman–Crippen MR) is 102 cm³/mol. The monoisotopic (exact) mass is 364 g/mol. The summed E-state index contributed by atoms with van der Waals surface area (Å²) < 4.78 is 28.7. The van der Waals surface area contributed by atoms with Gasteiger partial charge in [-0.15, -0.1) is 0 Å². The Balaban J connectivity index is 1.76. The molecule has 3 aromatic rings. The fraction of sp³-hybridized carbons (Fsp3) is 0.190. The molecule has 0 radical (unpaired) electrons. The molecule has 4 nitrogen and oxygen atoms in total. The second-order valence-corrected chi connectivity index (χ2v) is 8.36. The zero-order valence-electron chi connectivity index (χ0n) is 14.3. The molecule has 1 aliphatic carbocycles. The van der Waals surface area contributed by atoms with E-state index in [1.807, 2.05) is 54.6 Å². The fourth-order valence-corrected chi connectivity index (χ4v) is 5.01. The zero-order chi connectivity index (χ0) is 18.0. The summed E-state index contributed by atoms with van der Waals surface area (Å²) in [5.41, 5.74) is 2.55. The minimum atomic E-state index is -3.61. The van der Waals surface area contributed by atoms with Gasteiger partial charge in [-0.1, -0.05) is 54.6 Å². The molecule has 0 unspecified atom stereocenters. The van der Waals surface area contributed by atoms with Crippen LogP contribution in [-0.4, -0.2) is 23.7 Å². The van der Waals surface area contributed by atoms with Crippen molar-refractivity contribution in [2.45, 2.75) is 30.3 Å². The van der Waals surface area contributed by atoms with Crippen LogP contribution in [0.3, 0.4) is 0 Å². The summed E-state index contributed by atoms with van der Waals surface area (Å²) in [6, 6.07) is 20.7. The van der Waals surface area contributed by atoms with Gasteiger partial charge in [0.05, 0.1) is 4.90 Å². The van der Waals surface area contributed by atoms with E-state index in [9.17, 15) is 8.42 Å². The van der Waals surface area contributed by atoms with Crippen molar-refractivity contribution >= 4 is 10.0 Å². The number of benzene rings is 2. The minimum absolute atomic E-state index is 0.0732. The average molecular weight is 364 g/mol. The molecular formula is C21H20N2O2S. The standard InChI is InChI=1S/C21H20N2O2S/c24-26(25,23(19-12-13-19)16-17-7-6-14-22-15-17)21-11-5-4-10-20(21)18-8-2-1-3-9-18/h1-11,14-15,19H,12-13,16H2. The molecule has 0 bridgehead atoms. The highest BCUT2D eigenvalue weighted by Gasteiger charge is 2.39. The lowest BCUT2D eigenvalue weighted by atomic mass is 10.1. The Morgan fingerprint density at radius 3 is 2.35 bits per heavy atom. The van der Waals surface area contributed by atoms with Crippen molar-refractivity contribution in [1.29, 1.82) is 0 Å². The normalized spacial score (nSPS) is 14.5. The molecule has 2 aromatic carbocycles. The predicted octanol–water partition coefficient (Wildman–Crippen LogP) is 4.10. The first-order chi connectivity index (χ1) is 12.7. The quantitative estimate of drug-likeness (QED) is 0.662. The molecule has 1 aliphatic rings. The van der Waals surface area contributed by atoms with E-state index in [0.717, 1.165) is 29.5 Å². The molecular weight excluding hydrogens is 344 g/mol. The summed E-state index contributed by atoms with van der Waals surface area (Å²) in [6.07, 6.45) is 5.25. The van der Waals surface area contributed by atoms with Gasteiger partial charge in [0, 0.05) is 30.5 Å². The molecule has 1 fully saturated rings. The second kappa shape index (κ2) is 7.02. The van der Waals surface area contributed by atoms with Crippen LogP contribution >= 0.6 is 0 Å². The Bertz CT molecular complexity index is 985. The number of sulfonamides is 1. The average Bonchev–Trinajstić information content (AvgIpc) is 3.52. The summed E-state index contributed by atoms with van der Waals surface area (Å²) >= 11 is 0. The molecule has 1 aromatic heterocycles. The molecule has 132 valence electrons. The van der Waals surface area contributed by atoms with Crippen LogP contribution in [0, 0.1) is 0 Å². The highest BCUT2D eigenvalue weighted by molar-refractivity contribution is 7.89. The number of pyridine rings is 1. The highest BCUT2D eigenvalue weighted by atomic mass is 32.2. The molecule has 1 heterocycles. The molecule has 5 heteroatoms. The zero-order valence-corrected chi connectivity index (χ0v) is 15.1. The van der Waals surface area contributed by atoms with Gasteiger partial charge in [-0.3, -0.25) is 4.98 Å². The van der Waals surface area contributed by atoms with E-state index in [-0.39, 0.29) is 6.04 Å². The summed E-state index contributed by atoms with van der Waals surface area (Å²) in [4.78, 5) is 4.48. The maximum atomic E-state index is 13.5. The molecule has 0 aliphatic heterocycles. The third-order valence-electron chi connectivity index (χ3n) is 4.57. The lowest BCUT2D eigenvalue weighted by Gasteiger charge is -2.23. The third kappa shape index (κ3) is 3.41. The highest BCUT2D eigenvalue weighted by Crippen LogP contribution is 2.36. The molecule has 1 saturated carbocycles. The minimum Gasteiger partial charge on any atom is -0.264 e. The van der Waals surface area contributed by atoms with Gasteiger partial charge < -0.3 is 0 Å². The van der Waals surface area contributed by atoms with Crippen molar-refractivity contribution in [3.05, 3.63) is 84.7 Å². The number of hydrogen-bond acceptors (Lipinski definition) is 3. The first-order valence-corrected chi connectivity index (χ1v) is 10.2. The van der Waals surface area contributed by atoms with Crippen LogP contribution in [0.1, 0.15) is 18.4 Å². The van der Waals surface area contributed by atoms with Crippen molar-refractivity contribution in [1.82, 2.24) is 9.29 Å². The van der Waals surface area contributed by atoms with Gasteiger partial charge >= 0.3 is 0 Å². The maximum absolute atomic E-state index is 13.5. The van der Waals surface area contributed by atoms with E-state index in [0.29, 0.717) is 11.4 Å². The van der Waals surface area contributed by atoms with Crippen molar-refractivity contribution < 1.29 is 8.42 Å². The summed E-state index contributed by atoms with van der Waals surface area (Å²) in [5.74, 6) is 0. The van der Waals surface area contributed by atoms with E-state index in [1.54, 1.807) is 28.8 Å². The summed E-state index contributed by atoms with van der Waals surface area (Å²) in [6.45, 7) is 0.351. The Kier molecular flexibility index (Phi) is 4.57. The van der Waals surface area contributed by atoms with Crippen molar-refractivity contribution in [2.75, 3.05) is 0 Å². The molecule has 4 rings (SSSR count). The van der Waals surface area contributed by atoms with Gasteiger partial charge in [-0.05, 0) is 36.1 Å². The molecule has 0 spiro atoms. The van der Waals surface area contributed by atoms with Crippen LogP contribution in [0.4, 0.5) is 0 Å². The maximum Gasteiger partial charge on any atom is 0.244 e. The van der Waals surface area contributed by atoms with Crippen LogP contribution in [0.15, 0.2) is 84.0 Å². The Morgan fingerprint density at radius 2 is 1.65 bits per heavy atom. The van der Waals surface area contributed by atoms with Crippen LogP contribution < -0.4 is 0 Å². The molecule has 26 heavy (non-hydrogen) atoms. The van der Waals surface area contributed by atoms with Gasteiger partial charge in [0.25, 0.3) is 0 Å². The van der Waals surface area contributed by atoms with Crippen LogP contribution in [0.5, 0.6) is 0 Å². The SMILES string of the molecule is O=S(=O)(c1ccccc1-c1ccccc1)N(Cc1cccnc1)C1CC1. The lowest BCUT2D eigenvalue weighted by molar-refractivity contribution is 0.398. The van der Waals surface area contributed by atoms with E-state index >= 15 is 0 Å². The third-order valence-corrected chi connectivity index (χ3v) is 6.53. The summed E-state index contributed by atoms with van der Waals surface area (Å²) in [5, 5.41) is 0. The lowest BCUT2D eigenvalue weighted by Crippen LogP contribution is -2.33. The first-order valence-electron chi connectivity index (χ1n) is 8.71. The Morgan fingerprint density at radius 1 is 0.923 bits per heavy atom. The van der Waals surface area contributed by atoms with Gasteiger partial charge in [0.1, 0.15) is 0 Å².